The van der Waals surface area contributed by atoms with E-state index in [1.165, 1.54) is 0 Å². The summed E-state index contributed by atoms with van der Waals surface area (Å²) < 4.78 is 15.8. The third-order valence-corrected chi connectivity index (χ3v) is 2.92. The molecule has 1 heterocycles. The van der Waals surface area contributed by atoms with Crippen molar-refractivity contribution in [3.05, 3.63) is 35.6 Å². The van der Waals surface area contributed by atoms with Gasteiger partial charge in [0.2, 0.25) is 0 Å². The van der Waals surface area contributed by atoms with Crippen LogP contribution in [0.3, 0.4) is 0 Å². The summed E-state index contributed by atoms with van der Waals surface area (Å²) in [5.74, 6) is -0.407. The predicted octanol–water partition coefficient (Wildman–Crippen LogP) is 5.86. The Hall–Kier alpha value is -0.0600. The van der Waals surface area contributed by atoms with Crippen LogP contribution in [0, 0.1) is 0 Å². The molecular formula is C14H16Cl4NO3P. The zero-order valence-electron chi connectivity index (χ0n) is 12.3. The average Bonchev–Trinajstić information content (AvgIpc) is 2.50. The molecule has 0 fully saturated rings. The Balaban J connectivity index is 0.000000593. The average molecular weight is 419 g/mol. The number of fused-ring (bicyclic) bond motifs is 1. The topological polar surface area (TPSA) is 40.6 Å². The minimum atomic E-state index is -1.20. The van der Waals surface area contributed by atoms with Gasteiger partial charge in [0.25, 0.3) is 0 Å². The fourth-order valence-electron chi connectivity index (χ4n) is 1.67. The van der Waals surface area contributed by atoms with Gasteiger partial charge in [-0.1, -0.05) is 45.3 Å². The molecule has 0 unspecified atom stereocenters. The van der Waals surface area contributed by atoms with Gasteiger partial charge in [-0.25, -0.2) is 4.98 Å². The predicted molar refractivity (Wildman–Crippen MR) is 99.4 cm³/mol. The second-order valence-electron chi connectivity index (χ2n) is 4.13. The first-order valence-electron chi connectivity index (χ1n) is 6.55. The SMILES string of the molecule is COCCOCCOc1ccc2c(Cl)nccc2c1.ClP(Cl)Cl. The summed E-state index contributed by atoms with van der Waals surface area (Å²) in [7, 11) is 1.65. The van der Waals surface area contributed by atoms with Crippen LogP contribution in [0.1, 0.15) is 0 Å². The molecule has 0 aliphatic carbocycles. The van der Waals surface area contributed by atoms with Crippen LogP contribution in [0.5, 0.6) is 5.75 Å². The van der Waals surface area contributed by atoms with Crippen molar-refractivity contribution >= 4 is 62.1 Å². The van der Waals surface area contributed by atoms with Crippen LogP contribution in [0.15, 0.2) is 30.5 Å². The van der Waals surface area contributed by atoms with Gasteiger partial charge < -0.3 is 14.2 Å². The van der Waals surface area contributed by atoms with Gasteiger partial charge in [-0.05, 0) is 29.7 Å². The van der Waals surface area contributed by atoms with Crippen molar-refractivity contribution < 1.29 is 14.2 Å². The summed E-state index contributed by atoms with van der Waals surface area (Å²) in [5, 5.41) is 2.44. The van der Waals surface area contributed by atoms with Gasteiger partial charge >= 0.3 is 0 Å². The van der Waals surface area contributed by atoms with Gasteiger partial charge in [-0.3, -0.25) is 0 Å². The molecule has 1 aromatic heterocycles. The Morgan fingerprint density at radius 1 is 1.04 bits per heavy atom. The summed E-state index contributed by atoms with van der Waals surface area (Å²) in [6.45, 7) is 2.23. The highest BCUT2D eigenvalue weighted by Crippen LogP contribution is 2.51. The van der Waals surface area contributed by atoms with Crippen molar-refractivity contribution in [1.82, 2.24) is 4.98 Å². The number of hydrogen-bond acceptors (Lipinski definition) is 4. The molecule has 0 atom stereocenters. The fourth-order valence-corrected chi connectivity index (χ4v) is 1.90. The summed E-state index contributed by atoms with van der Waals surface area (Å²) in [4.78, 5) is 4.03. The van der Waals surface area contributed by atoms with Crippen molar-refractivity contribution in [2.24, 2.45) is 0 Å². The summed E-state index contributed by atoms with van der Waals surface area (Å²) >= 11 is 20.6. The number of benzene rings is 1. The van der Waals surface area contributed by atoms with Gasteiger partial charge in [-0.15, -0.1) is 0 Å². The van der Waals surface area contributed by atoms with E-state index in [1.807, 2.05) is 24.3 Å². The lowest BCUT2D eigenvalue weighted by molar-refractivity contribution is 0.0544. The summed E-state index contributed by atoms with van der Waals surface area (Å²) in [6.07, 6.45) is 1.68. The van der Waals surface area contributed by atoms with E-state index in [0.29, 0.717) is 31.6 Å². The van der Waals surface area contributed by atoms with Crippen molar-refractivity contribution in [3.63, 3.8) is 0 Å². The minimum absolute atomic E-state index is 0.506. The number of aromatic nitrogens is 1. The smallest absolute Gasteiger partial charge is 0.179 e. The molecule has 0 aliphatic rings. The molecule has 2 rings (SSSR count). The molecule has 128 valence electrons. The first-order valence-corrected chi connectivity index (χ1v) is 11.0. The quantitative estimate of drug-likeness (QED) is 0.320. The van der Waals surface area contributed by atoms with Crippen LogP contribution in [0.2, 0.25) is 5.15 Å². The lowest BCUT2D eigenvalue weighted by Gasteiger charge is -2.08. The highest BCUT2D eigenvalue weighted by molar-refractivity contribution is 8.20. The van der Waals surface area contributed by atoms with Gasteiger partial charge in [0.05, 0.1) is 19.8 Å². The Labute approximate surface area is 156 Å². The van der Waals surface area contributed by atoms with Gasteiger partial charge in [0, 0.05) is 18.7 Å². The molecule has 0 N–H and O–H groups in total. The van der Waals surface area contributed by atoms with E-state index in [1.54, 1.807) is 13.3 Å². The van der Waals surface area contributed by atoms with Gasteiger partial charge in [0.15, 0.2) is 5.98 Å². The van der Waals surface area contributed by atoms with E-state index in [0.717, 1.165) is 16.5 Å². The van der Waals surface area contributed by atoms with E-state index < -0.39 is 5.98 Å². The molecule has 0 bridgehead atoms. The molecule has 0 saturated heterocycles. The standard InChI is InChI=1S/C14H16ClNO3.Cl3P/c1-17-6-7-18-8-9-19-12-2-3-13-11(10-12)4-5-16-14(13)15;1-4(2)3/h2-5,10H,6-9H2,1H3;. The third kappa shape index (κ3) is 9.11. The maximum absolute atomic E-state index is 6.00. The molecule has 9 heteroatoms. The van der Waals surface area contributed by atoms with Crippen LogP contribution in [-0.2, 0) is 9.47 Å². The van der Waals surface area contributed by atoms with Crippen LogP contribution < -0.4 is 4.74 Å². The fraction of sp³-hybridized carbons (Fsp3) is 0.357. The third-order valence-electron chi connectivity index (χ3n) is 2.62. The zero-order chi connectivity index (χ0) is 17.1. The summed E-state index contributed by atoms with van der Waals surface area (Å²) in [5.41, 5.74) is 0. The molecule has 0 saturated carbocycles. The molecular weight excluding hydrogens is 403 g/mol. The second-order valence-corrected chi connectivity index (χ2v) is 9.47. The minimum Gasteiger partial charge on any atom is -0.491 e. The molecule has 2 aromatic rings. The molecule has 0 radical (unpaired) electrons. The van der Waals surface area contributed by atoms with E-state index in [4.69, 9.17) is 59.5 Å². The monoisotopic (exact) mass is 417 g/mol. The highest BCUT2D eigenvalue weighted by atomic mass is 36.0. The van der Waals surface area contributed by atoms with Crippen LogP contribution in [0.4, 0.5) is 0 Å². The Kier molecular flexibility index (Phi) is 11.2. The van der Waals surface area contributed by atoms with Crippen LogP contribution in [-0.4, -0.2) is 38.5 Å². The maximum atomic E-state index is 6.00. The molecule has 4 nitrogen and oxygen atoms in total. The molecule has 0 aliphatic heterocycles. The Morgan fingerprint density at radius 3 is 2.43 bits per heavy atom. The van der Waals surface area contributed by atoms with Gasteiger partial charge in [-0.2, -0.15) is 0 Å². The number of nitrogens with zero attached hydrogens (tertiary/aromatic N) is 1. The van der Waals surface area contributed by atoms with Crippen LogP contribution in [0.25, 0.3) is 10.8 Å². The van der Waals surface area contributed by atoms with E-state index >= 15 is 0 Å². The Bertz CT molecular complexity index is 586. The van der Waals surface area contributed by atoms with Crippen molar-refractivity contribution in [2.45, 2.75) is 0 Å². The number of halogens is 4. The zero-order valence-corrected chi connectivity index (χ0v) is 16.3. The highest BCUT2D eigenvalue weighted by Gasteiger charge is 2.01. The van der Waals surface area contributed by atoms with E-state index in [9.17, 15) is 0 Å². The van der Waals surface area contributed by atoms with E-state index in [2.05, 4.69) is 4.98 Å². The second kappa shape index (κ2) is 12.3. The lowest BCUT2D eigenvalue weighted by atomic mass is 10.2. The molecule has 1 aromatic carbocycles. The maximum Gasteiger partial charge on any atom is 0.179 e. The Morgan fingerprint density at radius 2 is 1.74 bits per heavy atom. The number of hydrogen-bond donors (Lipinski definition) is 0. The number of rotatable bonds is 7. The van der Waals surface area contributed by atoms with Crippen LogP contribution >= 0.6 is 51.3 Å². The first-order chi connectivity index (χ1) is 11.0. The van der Waals surface area contributed by atoms with Crippen molar-refractivity contribution in [3.8, 4) is 5.75 Å². The van der Waals surface area contributed by atoms with E-state index in [-0.39, 0.29) is 0 Å². The number of pyridine rings is 1. The largest absolute Gasteiger partial charge is 0.491 e. The normalized spacial score (nSPS) is 10.5. The molecule has 0 spiro atoms. The van der Waals surface area contributed by atoms with Crippen molar-refractivity contribution in [1.29, 1.82) is 0 Å². The first kappa shape index (κ1) is 21.0. The van der Waals surface area contributed by atoms with Crippen molar-refractivity contribution in [2.75, 3.05) is 33.5 Å². The molecule has 0 amide bonds. The summed E-state index contributed by atoms with van der Waals surface area (Å²) in [6, 6.07) is 7.64. The lowest BCUT2D eigenvalue weighted by Crippen LogP contribution is -2.09. The molecule has 23 heavy (non-hydrogen) atoms. The number of methoxy groups -OCH3 is 1. The van der Waals surface area contributed by atoms with Gasteiger partial charge in [0.1, 0.15) is 17.5 Å². The number of ether oxygens (including phenoxy) is 3.